The molecule has 1 unspecified atom stereocenters. The fraction of sp³-hybridized carbons (Fsp3) is 0.200. The third-order valence-corrected chi connectivity index (χ3v) is 5.92. The molecule has 6 heteroatoms. The van der Waals surface area contributed by atoms with Crippen molar-refractivity contribution in [2.75, 3.05) is 17.7 Å². The van der Waals surface area contributed by atoms with Gasteiger partial charge in [-0.05, 0) is 60.7 Å². The number of nitrogens with zero attached hydrogens (tertiary/aromatic N) is 1. The Balaban J connectivity index is 1.33. The largest absolute Gasteiger partial charge is 0.493 e. The molecule has 0 radical (unpaired) electrons. The molecule has 0 saturated carbocycles. The number of aryl methyl sites for hydroxylation is 1. The maximum atomic E-state index is 12.0. The van der Waals surface area contributed by atoms with E-state index >= 15 is 0 Å². The number of nitrogen functional groups attached to an aromatic ring is 1. The highest BCUT2D eigenvalue weighted by Gasteiger charge is 2.27. The fourth-order valence-electron chi connectivity index (χ4n) is 4.23. The summed E-state index contributed by atoms with van der Waals surface area (Å²) in [6.45, 7) is 2.47. The van der Waals surface area contributed by atoms with Crippen molar-refractivity contribution in [3.8, 4) is 16.9 Å². The minimum absolute atomic E-state index is 0.0139. The molecule has 0 bridgehead atoms. The lowest BCUT2D eigenvalue weighted by atomic mass is 9.97. The second-order valence-corrected chi connectivity index (χ2v) is 7.89. The second-order valence-electron chi connectivity index (χ2n) is 7.89. The molecule has 1 aliphatic rings. The molecule has 0 fully saturated rings. The zero-order valence-corrected chi connectivity index (χ0v) is 17.3. The minimum Gasteiger partial charge on any atom is -0.493 e. The molecule has 2 aromatic carbocycles. The molecule has 0 spiro atoms. The molecule has 4 aromatic rings. The van der Waals surface area contributed by atoms with Gasteiger partial charge in [0.05, 0.1) is 18.1 Å². The van der Waals surface area contributed by atoms with Gasteiger partial charge in [-0.1, -0.05) is 24.3 Å². The van der Waals surface area contributed by atoms with Crippen LogP contribution in [0.3, 0.4) is 0 Å². The van der Waals surface area contributed by atoms with Crippen LogP contribution < -0.4 is 15.8 Å². The van der Waals surface area contributed by atoms with Crippen LogP contribution in [0.25, 0.3) is 22.0 Å². The summed E-state index contributed by atoms with van der Waals surface area (Å²) < 4.78 is 6.14. The molecule has 0 saturated heterocycles. The van der Waals surface area contributed by atoms with Crippen LogP contribution in [-0.2, 0) is 11.2 Å². The van der Waals surface area contributed by atoms with E-state index in [0.29, 0.717) is 18.2 Å². The van der Waals surface area contributed by atoms with Gasteiger partial charge < -0.3 is 20.8 Å². The summed E-state index contributed by atoms with van der Waals surface area (Å²) in [5.41, 5.74) is 12.2. The number of H-pyrrole nitrogens is 1. The summed E-state index contributed by atoms with van der Waals surface area (Å²) in [6.07, 6.45) is 5.53. The molecular weight excluding hydrogens is 388 g/mol. The maximum Gasteiger partial charge on any atom is 0.231 e. The van der Waals surface area contributed by atoms with Gasteiger partial charge in [0.1, 0.15) is 11.6 Å². The predicted octanol–water partition coefficient (Wildman–Crippen LogP) is 4.88. The zero-order chi connectivity index (χ0) is 21.4. The SMILES string of the molecule is CC1C(=O)Nc2ccc(-c3c(OCCCc4c[nH]c5ccccc45)ccnc3N)cc21. The van der Waals surface area contributed by atoms with Crippen LogP contribution in [0.1, 0.15) is 30.4 Å². The van der Waals surface area contributed by atoms with Crippen LogP contribution in [0, 0.1) is 0 Å². The number of nitrogens with one attached hydrogen (secondary N) is 2. The van der Waals surface area contributed by atoms with Crippen molar-refractivity contribution in [3.05, 3.63) is 72.1 Å². The number of rotatable bonds is 6. The van der Waals surface area contributed by atoms with Crippen molar-refractivity contribution in [2.45, 2.75) is 25.7 Å². The number of pyridine rings is 1. The smallest absolute Gasteiger partial charge is 0.231 e. The Morgan fingerprint density at radius 2 is 2.03 bits per heavy atom. The summed E-state index contributed by atoms with van der Waals surface area (Å²) in [6, 6.07) is 16.0. The number of ether oxygens (including phenoxy) is 1. The van der Waals surface area contributed by atoms with E-state index in [0.717, 1.165) is 40.7 Å². The number of aromatic nitrogens is 2. The van der Waals surface area contributed by atoms with Crippen molar-refractivity contribution >= 4 is 28.3 Å². The average molecular weight is 412 g/mol. The molecule has 3 heterocycles. The number of nitrogens with two attached hydrogens (primary N) is 1. The maximum absolute atomic E-state index is 12.0. The highest BCUT2D eigenvalue weighted by molar-refractivity contribution is 6.03. The number of carbonyl (C=O) groups excluding carboxylic acids is 1. The van der Waals surface area contributed by atoms with Gasteiger partial charge in [-0.3, -0.25) is 4.79 Å². The van der Waals surface area contributed by atoms with Crippen LogP contribution in [0.2, 0.25) is 0 Å². The second kappa shape index (κ2) is 7.80. The van der Waals surface area contributed by atoms with Crippen LogP contribution in [0.5, 0.6) is 5.75 Å². The summed E-state index contributed by atoms with van der Waals surface area (Å²) >= 11 is 0. The number of fused-ring (bicyclic) bond motifs is 2. The van der Waals surface area contributed by atoms with Crippen LogP contribution >= 0.6 is 0 Å². The van der Waals surface area contributed by atoms with E-state index in [1.54, 1.807) is 6.20 Å². The lowest BCUT2D eigenvalue weighted by Crippen LogP contribution is -2.08. The van der Waals surface area contributed by atoms with Gasteiger partial charge in [0.2, 0.25) is 5.91 Å². The van der Waals surface area contributed by atoms with E-state index in [2.05, 4.69) is 39.7 Å². The van der Waals surface area contributed by atoms with E-state index in [1.807, 2.05) is 37.3 Å². The zero-order valence-electron chi connectivity index (χ0n) is 17.3. The molecule has 31 heavy (non-hydrogen) atoms. The van der Waals surface area contributed by atoms with Gasteiger partial charge in [-0.25, -0.2) is 4.98 Å². The summed E-state index contributed by atoms with van der Waals surface area (Å²) in [5, 5.41) is 4.16. The van der Waals surface area contributed by atoms with E-state index in [4.69, 9.17) is 10.5 Å². The Bertz CT molecular complexity index is 1280. The number of para-hydroxylation sites is 1. The van der Waals surface area contributed by atoms with Gasteiger partial charge in [0.15, 0.2) is 0 Å². The van der Waals surface area contributed by atoms with Crippen molar-refractivity contribution < 1.29 is 9.53 Å². The van der Waals surface area contributed by atoms with Gasteiger partial charge in [0, 0.05) is 29.0 Å². The van der Waals surface area contributed by atoms with E-state index in [9.17, 15) is 4.79 Å². The third kappa shape index (κ3) is 3.50. The van der Waals surface area contributed by atoms with Gasteiger partial charge in [-0.2, -0.15) is 0 Å². The minimum atomic E-state index is -0.187. The van der Waals surface area contributed by atoms with E-state index in [1.165, 1.54) is 10.9 Å². The Morgan fingerprint density at radius 1 is 1.16 bits per heavy atom. The van der Waals surface area contributed by atoms with Gasteiger partial charge in [-0.15, -0.1) is 0 Å². The monoisotopic (exact) mass is 412 g/mol. The number of aromatic amines is 1. The molecule has 6 nitrogen and oxygen atoms in total. The Kier molecular flexibility index (Phi) is 4.82. The lowest BCUT2D eigenvalue weighted by Gasteiger charge is -2.14. The first-order valence-corrected chi connectivity index (χ1v) is 10.5. The predicted molar refractivity (Wildman–Crippen MR) is 123 cm³/mol. The average Bonchev–Trinajstić information content (AvgIpc) is 3.32. The molecular formula is C25H24N4O2. The van der Waals surface area contributed by atoms with Crippen LogP contribution in [0.15, 0.2) is 60.9 Å². The topological polar surface area (TPSA) is 93.0 Å². The molecule has 1 atom stereocenters. The highest BCUT2D eigenvalue weighted by Crippen LogP contribution is 2.39. The van der Waals surface area contributed by atoms with Gasteiger partial charge in [0.25, 0.3) is 0 Å². The van der Waals surface area contributed by atoms with Gasteiger partial charge >= 0.3 is 0 Å². The first kappa shape index (κ1) is 19.2. The number of carbonyl (C=O) groups is 1. The standard InChI is InChI=1S/C25H24N4O2/c1-15-19-13-16(8-9-21(19)29-25(15)30)23-22(10-11-27-24(23)26)31-12-4-5-17-14-28-20-7-3-2-6-18(17)20/h2-3,6-11,13-15,28H,4-5,12H2,1H3,(H2,26,27)(H,29,30). The molecule has 4 N–H and O–H groups in total. The summed E-state index contributed by atoms with van der Waals surface area (Å²) in [7, 11) is 0. The van der Waals surface area contributed by atoms with Crippen molar-refractivity contribution in [3.63, 3.8) is 0 Å². The summed E-state index contributed by atoms with van der Waals surface area (Å²) in [4.78, 5) is 19.6. The molecule has 1 amide bonds. The Labute approximate surface area is 180 Å². The quantitative estimate of drug-likeness (QED) is 0.394. The third-order valence-electron chi connectivity index (χ3n) is 5.92. The van der Waals surface area contributed by atoms with Crippen LogP contribution in [-0.4, -0.2) is 22.5 Å². The van der Waals surface area contributed by atoms with Crippen molar-refractivity contribution in [2.24, 2.45) is 0 Å². The number of anilines is 2. The first-order valence-electron chi connectivity index (χ1n) is 10.5. The summed E-state index contributed by atoms with van der Waals surface area (Å²) in [5.74, 6) is 0.948. The van der Waals surface area contributed by atoms with Crippen molar-refractivity contribution in [1.82, 2.24) is 9.97 Å². The highest BCUT2D eigenvalue weighted by atomic mass is 16.5. The fourth-order valence-corrected chi connectivity index (χ4v) is 4.23. The van der Waals surface area contributed by atoms with E-state index in [-0.39, 0.29) is 11.8 Å². The lowest BCUT2D eigenvalue weighted by molar-refractivity contribution is -0.116. The van der Waals surface area contributed by atoms with Crippen molar-refractivity contribution in [1.29, 1.82) is 0 Å². The Morgan fingerprint density at radius 3 is 2.94 bits per heavy atom. The molecule has 156 valence electrons. The number of hydrogen-bond donors (Lipinski definition) is 3. The number of benzene rings is 2. The number of amides is 1. The first-order chi connectivity index (χ1) is 15.1. The molecule has 2 aromatic heterocycles. The molecule has 5 rings (SSSR count). The number of hydrogen-bond acceptors (Lipinski definition) is 4. The molecule has 1 aliphatic heterocycles. The van der Waals surface area contributed by atoms with E-state index < -0.39 is 0 Å². The Hall–Kier alpha value is -3.80. The normalized spacial score (nSPS) is 15.1. The van der Waals surface area contributed by atoms with Crippen LogP contribution in [0.4, 0.5) is 11.5 Å². The molecule has 0 aliphatic carbocycles.